The number of aliphatic imine (C=N–C) groups is 1. The number of halogens is 1. The maximum Gasteiger partial charge on any atom is 0.260 e. The second-order valence-electron chi connectivity index (χ2n) is 6.86. The van der Waals surface area contributed by atoms with Crippen LogP contribution in [-0.4, -0.2) is 16.9 Å². The molecule has 0 radical (unpaired) electrons. The number of nitrogens with zero attached hydrogens (tertiary/aromatic N) is 2. The van der Waals surface area contributed by atoms with E-state index < -0.39 is 11.7 Å². The molecule has 0 aliphatic heterocycles. The Balaban J connectivity index is 1.84. The molecule has 0 aliphatic carbocycles. The first-order chi connectivity index (χ1) is 14.0. The SMILES string of the molecule is CC(C)c1cccc(NC(=NCc2ccncc2)NC(=O)c2ccccc2F)c1. The predicted molar refractivity (Wildman–Crippen MR) is 113 cm³/mol. The molecule has 1 heterocycles. The molecule has 5 nitrogen and oxygen atoms in total. The first-order valence-electron chi connectivity index (χ1n) is 9.39. The number of hydrogen-bond donors (Lipinski definition) is 2. The minimum atomic E-state index is -0.583. The van der Waals surface area contributed by atoms with Crippen molar-refractivity contribution in [3.63, 3.8) is 0 Å². The van der Waals surface area contributed by atoms with Crippen LogP contribution < -0.4 is 10.6 Å². The van der Waals surface area contributed by atoms with Gasteiger partial charge in [-0.15, -0.1) is 0 Å². The van der Waals surface area contributed by atoms with Crippen molar-refractivity contribution in [2.45, 2.75) is 26.3 Å². The van der Waals surface area contributed by atoms with Gasteiger partial charge in [-0.25, -0.2) is 9.38 Å². The molecule has 148 valence electrons. The third-order valence-corrected chi connectivity index (χ3v) is 4.34. The number of nitrogens with one attached hydrogen (secondary N) is 2. The Kier molecular flexibility index (Phi) is 6.68. The van der Waals surface area contributed by atoms with Crippen molar-refractivity contribution < 1.29 is 9.18 Å². The largest absolute Gasteiger partial charge is 0.326 e. The Hall–Kier alpha value is -3.54. The van der Waals surface area contributed by atoms with Gasteiger partial charge in [-0.05, 0) is 53.4 Å². The van der Waals surface area contributed by atoms with E-state index in [1.54, 1.807) is 24.5 Å². The van der Waals surface area contributed by atoms with Gasteiger partial charge in [-0.2, -0.15) is 0 Å². The molecule has 0 saturated carbocycles. The summed E-state index contributed by atoms with van der Waals surface area (Å²) in [4.78, 5) is 21.0. The van der Waals surface area contributed by atoms with Crippen LogP contribution in [-0.2, 0) is 6.54 Å². The highest BCUT2D eigenvalue weighted by molar-refractivity contribution is 6.10. The predicted octanol–water partition coefficient (Wildman–Crippen LogP) is 4.74. The quantitative estimate of drug-likeness (QED) is 0.488. The number of anilines is 1. The minimum Gasteiger partial charge on any atom is -0.326 e. The second kappa shape index (κ2) is 9.59. The number of amides is 1. The van der Waals surface area contributed by atoms with Crippen LogP contribution in [0.3, 0.4) is 0 Å². The van der Waals surface area contributed by atoms with Crippen molar-refractivity contribution in [3.05, 3.63) is 95.6 Å². The monoisotopic (exact) mass is 390 g/mol. The minimum absolute atomic E-state index is 0.0400. The van der Waals surface area contributed by atoms with E-state index in [-0.39, 0.29) is 11.5 Å². The van der Waals surface area contributed by atoms with E-state index in [0.717, 1.165) is 16.8 Å². The molecule has 2 N–H and O–H groups in total. The summed E-state index contributed by atoms with van der Waals surface area (Å²) in [7, 11) is 0. The number of aromatic nitrogens is 1. The zero-order chi connectivity index (χ0) is 20.6. The van der Waals surface area contributed by atoms with Gasteiger partial charge in [0, 0.05) is 18.1 Å². The van der Waals surface area contributed by atoms with Crippen molar-refractivity contribution >= 4 is 17.6 Å². The second-order valence-corrected chi connectivity index (χ2v) is 6.86. The molecule has 0 saturated heterocycles. The molecule has 0 aliphatic rings. The molecule has 0 spiro atoms. The summed E-state index contributed by atoms with van der Waals surface area (Å²) < 4.78 is 14.0. The van der Waals surface area contributed by atoms with Gasteiger partial charge < -0.3 is 5.32 Å². The van der Waals surface area contributed by atoms with E-state index in [1.807, 2.05) is 36.4 Å². The molecule has 0 fully saturated rings. The fourth-order valence-corrected chi connectivity index (χ4v) is 2.70. The van der Waals surface area contributed by atoms with E-state index in [2.05, 4.69) is 34.5 Å². The normalized spacial score (nSPS) is 11.4. The Bertz CT molecular complexity index is 1000. The Labute approximate surface area is 169 Å². The molecule has 0 bridgehead atoms. The Morgan fingerprint density at radius 3 is 2.55 bits per heavy atom. The molecule has 0 atom stereocenters. The Morgan fingerprint density at radius 1 is 1.07 bits per heavy atom. The number of guanidine groups is 1. The fourth-order valence-electron chi connectivity index (χ4n) is 2.70. The van der Waals surface area contributed by atoms with Crippen molar-refractivity contribution in [2.75, 3.05) is 5.32 Å². The number of rotatable bonds is 5. The van der Waals surface area contributed by atoms with Gasteiger partial charge in [0.25, 0.3) is 5.91 Å². The van der Waals surface area contributed by atoms with Gasteiger partial charge in [0.2, 0.25) is 5.96 Å². The lowest BCUT2D eigenvalue weighted by Crippen LogP contribution is -2.36. The molecule has 2 aromatic carbocycles. The fraction of sp³-hybridized carbons (Fsp3) is 0.174. The molecule has 0 unspecified atom stereocenters. The third kappa shape index (κ3) is 5.72. The molecule has 3 rings (SSSR count). The Morgan fingerprint density at radius 2 is 1.83 bits per heavy atom. The van der Waals surface area contributed by atoms with Crippen LogP contribution in [0.15, 0.2) is 78.0 Å². The van der Waals surface area contributed by atoms with Gasteiger partial charge in [-0.3, -0.25) is 15.1 Å². The smallest absolute Gasteiger partial charge is 0.260 e. The van der Waals surface area contributed by atoms with Crippen molar-refractivity contribution in [3.8, 4) is 0 Å². The number of hydrogen-bond acceptors (Lipinski definition) is 3. The van der Waals surface area contributed by atoms with Crippen molar-refractivity contribution in [2.24, 2.45) is 4.99 Å². The number of pyridine rings is 1. The van der Waals surface area contributed by atoms with Gasteiger partial charge >= 0.3 is 0 Å². The molecule has 3 aromatic rings. The summed E-state index contributed by atoms with van der Waals surface area (Å²) in [5.74, 6) is -0.540. The average Bonchev–Trinajstić information content (AvgIpc) is 2.73. The highest BCUT2D eigenvalue weighted by Crippen LogP contribution is 2.18. The standard InChI is InChI=1S/C23H23FN4O/c1-16(2)18-6-5-7-19(14-18)27-23(26-15-17-10-12-25-13-11-17)28-22(29)20-8-3-4-9-21(20)24/h3-14,16H,15H2,1-2H3,(H2,26,27,28,29). The average molecular weight is 390 g/mol. The first-order valence-corrected chi connectivity index (χ1v) is 9.39. The van der Waals surface area contributed by atoms with Crippen LogP contribution in [0.1, 0.15) is 41.3 Å². The topological polar surface area (TPSA) is 66.4 Å². The third-order valence-electron chi connectivity index (χ3n) is 4.34. The summed E-state index contributed by atoms with van der Waals surface area (Å²) >= 11 is 0. The van der Waals surface area contributed by atoms with Gasteiger partial charge in [0.15, 0.2) is 0 Å². The number of benzene rings is 2. The van der Waals surface area contributed by atoms with E-state index in [1.165, 1.54) is 12.1 Å². The zero-order valence-electron chi connectivity index (χ0n) is 16.4. The van der Waals surface area contributed by atoms with Gasteiger partial charge in [-0.1, -0.05) is 38.1 Å². The lowest BCUT2D eigenvalue weighted by Gasteiger charge is -2.14. The number of carbonyl (C=O) groups is 1. The maximum atomic E-state index is 14.0. The number of carbonyl (C=O) groups excluding carboxylic acids is 1. The summed E-state index contributed by atoms with van der Waals surface area (Å²) in [6.07, 6.45) is 3.37. The summed E-state index contributed by atoms with van der Waals surface area (Å²) in [5, 5.41) is 5.83. The van der Waals surface area contributed by atoms with Crippen LogP contribution in [0.25, 0.3) is 0 Å². The van der Waals surface area contributed by atoms with Crippen molar-refractivity contribution in [1.82, 2.24) is 10.3 Å². The molecular formula is C23H23FN4O. The van der Waals surface area contributed by atoms with Crippen LogP contribution in [0, 0.1) is 5.82 Å². The van der Waals surface area contributed by atoms with Gasteiger partial charge in [0.1, 0.15) is 5.82 Å². The lowest BCUT2D eigenvalue weighted by molar-refractivity contribution is 0.0973. The van der Waals surface area contributed by atoms with Crippen molar-refractivity contribution in [1.29, 1.82) is 0 Å². The van der Waals surface area contributed by atoms with Crippen LogP contribution in [0.2, 0.25) is 0 Å². The summed E-state index contributed by atoms with van der Waals surface area (Å²) in [6, 6.07) is 17.4. The highest BCUT2D eigenvalue weighted by Gasteiger charge is 2.13. The molecule has 1 aromatic heterocycles. The molecule has 29 heavy (non-hydrogen) atoms. The molecule has 6 heteroatoms. The van der Waals surface area contributed by atoms with Crippen LogP contribution >= 0.6 is 0 Å². The molecular weight excluding hydrogens is 367 g/mol. The summed E-state index contributed by atoms with van der Waals surface area (Å²) in [6.45, 7) is 4.56. The highest BCUT2D eigenvalue weighted by atomic mass is 19.1. The molecule has 1 amide bonds. The van der Waals surface area contributed by atoms with E-state index in [0.29, 0.717) is 12.5 Å². The zero-order valence-corrected chi connectivity index (χ0v) is 16.4. The van der Waals surface area contributed by atoms with E-state index >= 15 is 0 Å². The van der Waals surface area contributed by atoms with Crippen LogP contribution in [0.4, 0.5) is 10.1 Å². The summed E-state index contributed by atoms with van der Waals surface area (Å²) in [5.41, 5.74) is 2.85. The van der Waals surface area contributed by atoms with Gasteiger partial charge in [0.05, 0.1) is 12.1 Å². The first kappa shape index (κ1) is 20.2. The van der Waals surface area contributed by atoms with E-state index in [9.17, 15) is 9.18 Å². The lowest BCUT2D eigenvalue weighted by atomic mass is 10.0. The van der Waals surface area contributed by atoms with E-state index in [4.69, 9.17) is 0 Å². The maximum absolute atomic E-state index is 14.0. The van der Waals surface area contributed by atoms with Crippen LogP contribution in [0.5, 0.6) is 0 Å².